The van der Waals surface area contributed by atoms with Gasteiger partial charge in [-0.15, -0.1) is 0 Å². The summed E-state index contributed by atoms with van der Waals surface area (Å²) in [5.74, 6) is 0.841. The van der Waals surface area contributed by atoms with Crippen LogP contribution in [0.2, 0.25) is 5.02 Å². The minimum atomic E-state index is -0.195. The second-order valence-corrected chi connectivity index (χ2v) is 5.19. The molecule has 2 amide bonds. The number of halogens is 1. The zero-order valence-corrected chi connectivity index (χ0v) is 13.0. The molecule has 0 saturated heterocycles. The van der Waals surface area contributed by atoms with Crippen molar-refractivity contribution in [3.63, 3.8) is 0 Å². The minimum Gasteiger partial charge on any atom is -0.494 e. The number of carbonyl (C=O) groups excluding carboxylic acids is 1. The highest BCUT2D eigenvalue weighted by molar-refractivity contribution is 6.30. The Hall–Kier alpha value is -2.20. The van der Waals surface area contributed by atoms with Gasteiger partial charge in [-0.05, 0) is 36.2 Å². The Morgan fingerprint density at radius 3 is 2.64 bits per heavy atom. The lowest BCUT2D eigenvalue weighted by Gasteiger charge is -2.09. The van der Waals surface area contributed by atoms with Gasteiger partial charge in [-0.2, -0.15) is 0 Å². The van der Waals surface area contributed by atoms with E-state index < -0.39 is 0 Å². The molecule has 2 N–H and O–H groups in total. The molecule has 116 valence electrons. The number of ether oxygens (including phenoxy) is 1. The van der Waals surface area contributed by atoms with Gasteiger partial charge >= 0.3 is 6.03 Å². The van der Waals surface area contributed by atoms with Crippen LogP contribution >= 0.6 is 11.6 Å². The molecule has 2 aromatic carbocycles. The zero-order valence-electron chi connectivity index (χ0n) is 12.2. The third-order valence-electron chi connectivity index (χ3n) is 2.96. The Kier molecular flexibility index (Phi) is 6.58. The number of rotatable bonds is 7. The van der Waals surface area contributed by atoms with Gasteiger partial charge < -0.3 is 15.4 Å². The third-order valence-corrected chi connectivity index (χ3v) is 3.20. The molecule has 4 nitrogen and oxygen atoms in total. The minimum absolute atomic E-state index is 0.195. The quantitative estimate of drug-likeness (QED) is 0.766. The average Bonchev–Trinajstić information content (AvgIpc) is 2.54. The van der Waals surface area contributed by atoms with Crippen LogP contribution in [0.4, 0.5) is 4.79 Å². The molecule has 0 spiro atoms. The average molecular weight is 319 g/mol. The Bertz CT molecular complexity index is 590. The third kappa shape index (κ3) is 6.06. The normalized spacial score (nSPS) is 10.0. The molecular weight excluding hydrogens is 300 g/mol. The fourth-order valence-electron chi connectivity index (χ4n) is 1.87. The number of para-hydroxylation sites is 1. The summed E-state index contributed by atoms with van der Waals surface area (Å²) in [6, 6.07) is 16.8. The number of urea groups is 1. The van der Waals surface area contributed by atoms with Crippen LogP contribution in [0.1, 0.15) is 12.0 Å². The van der Waals surface area contributed by atoms with E-state index in [2.05, 4.69) is 10.6 Å². The molecule has 5 heteroatoms. The van der Waals surface area contributed by atoms with Gasteiger partial charge in [0.05, 0.1) is 6.61 Å². The topological polar surface area (TPSA) is 50.4 Å². The first-order chi connectivity index (χ1) is 10.7. The highest BCUT2D eigenvalue weighted by Gasteiger charge is 2.00. The van der Waals surface area contributed by atoms with Crippen LogP contribution in [0.5, 0.6) is 5.75 Å². The molecule has 0 aliphatic rings. The Balaban J connectivity index is 1.56. The molecular formula is C17H19ClN2O2. The second-order valence-electron chi connectivity index (χ2n) is 4.75. The predicted molar refractivity (Wildman–Crippen MR) is 88.2 cm³/mol. The summed E-state index contributed by atoms with van der Waals surface area (Å²) in [4.78, 5) is 11.6. The van der Waals surface area contributed by atoms with Crippen LogP contribution in [0, 0.1) is 0 Å². The van der Waals surface area contributed by atoms with Crippen molar-refractivity contribution in [1.82, 2.24) is 10.6 Å². The van der Waals surface area contributed by atoms with E-state index in [-0.39, 0.29) is 6.03 Å². The lowest BCUT2D eigenvalue weighted by atomic mass is 10.2. The van der Waals surface area contributed by atoms with Crippen molar-refractivity contribution in [1.29, 1.82) is 0 Å². The molecule has 0 bridgehead atoms. The fraction of sp³-hybridized carbons (Fsp3) is 0.235. The predicted octanol–water partition coefficient (Wildman–Crippen LogP) is 3.61. The van der Waals surface area contributed by atoms with E-state index in [0.29, 0.717) is 24.7 Å². The van der Waals surface area contributed by atoms with Crippen molar-refractivity contribution in [2.75, 3.05) is 13.2 Å². The first-order valence-corrected chi connectivity index (χ1v) is 7.56. The van der Waals surface area contributed by atoms with Crippen LogP contribution in [0.25, 0.3) is 0 Å². The summed E-state index contributed by atoms with van der Waals surface area (Å²) in [6.07, 6.45) is 0.749. The highest BCUT2D eigenvalue weighted by Crippen LogP contribution is 2.10. The maximum Gasteiger partial charge on any atom is 0.315 e. The molecule has 0 atom stereocenters. The van der Waals surface area contributed by atoms with E-state index in [1.165, 1.54) is 0 Å². The van der Waals surface area contributed by atoms with Gasteiger partial charge in [0.2, 0.25) is 0 Å². The van der Waals surface area contributed by atoms with Crippen molar-refractivity contribution in [2.45, 2.75) is 13.0 Å². The smallest absolute Gasteiger partial charge is 0.315 e. The molecule has 0 heterocycles. The number of carbonyl (C=O) groups is 1. The summed E-state index contributed by atoms with van der Waals surface area (Å²) >= 11 is 5.89. The molecule has 0 aliphatic heterocycles. The van der Waals surface area contributed by atoms with E-state index >= 15 is 0 Å². The first-order valence-electron chi connectivity index (χ1n) is 7.18. The van der Waals surface area contributed by atoms with Gasteiger partial charge in [-0.3, -0.25) is 0 Å². The Morgan fingerprint density at radius 1 is 1.05 bits per heavy atom. The van der Waals surface area contributed by atoms with Crippen LogP contribution in [-0.2, 0) is 6.54 Å². The summed E-state index contributed by atoms with van der Waals surface area (Å²) in [5, 5.41) is 6.24. The van der Waals surface area contributed by atoms with Crippen LogP contribution in [0.3, 0.4) is 0 Å². The van der Waals surface area contributed by atoms with E-state index in [9.17, 15) is 4.79 Å². The summed E-state index contributed by atoms with van der Waals surface area (Å²) in [7, 11) is 0. The second kappa shape index (κ2) is 8.95. The number of benzene rings is 2. The van der Waals surface area contributed by atoms with Crippen LogP contribution in [-0.4, -0.2) is 19.2 Å². The van der Waals surface area contributed by atoms with Crippen molar-refractivity contribution in [3.05, 3.63) is 65.2 Å². The summed E-state index contributed by atoms with van der Waals surface area (Å²) < 4.78 is 5.54. The van der Waals surface area contributed by atoms with E-state index in [4.69, 9.17) is 16.3 Å². The standard InChI is InChI=1S/C17H19ClN2O2/c18-15-7-4-6-14(12-15)13-20-17(21)19-10-5-11-22-16-8-2-1-3-9-16/h1-4,6-9,12H,5,10-11,13H2,(H2,19,20,21). The van der Waals surface area contributed by atoms with Crippen molar-refractivity contribution >= 4 is 17.6 Å². The van der Waals surface area contributed by atoms with Gasteiger partial charge in [-0.25, -0.2) is 4.79 Å². The molecule has 0 unspecified atom stereocenters. The SMILES string of the molecule is O=C(NCCCOc1ccccc1)NCc1cccc(Cl)c1. The van der Waals surface area contributed by atoms with Crippen molar-refractivity contribution in [3.8, 4) is 5.75 Å². The van der Waals surface area contributed by atoms with Crippen LogP contribution < -0.4 is 15.4 Å². The van der Waals surface area contributed by atoms with Crippen molar-refractivity contribution in [2.24, 2.45) is 0 Å². The molecule has 2 aromatic rings. The Morgan fingerprint density at radius 2 is 1.86 bits per heavy atom. The van der Waals surface area contributed by atoms with Crippen LogP contribution in [0.15, 0.2) is 54.6 Å². The van der Waals surface area contributed by atoms with Gasteiger partial charge in [0.1, 0.15) is 5.75 Å². The zero-order chi connectivity index (χ0) is 15.6. The fourth-order valence-corrected chi connectivity index (χ4v) is 2.09. The number of nitrogens with one attached hydrogen (secondary N) is 2. The van der Waals surface area contributed by atoms with E-state index in [1.807, 2.05) is 48.5 Å². The van der Waals surface area contributed by atoms with Crippen molar-refractivity contribution < 1.29 is 9.53 Å². The first kappa shape index (κ1) is 16.2. The summed E-state index contributed by atoms with van der Waals surface area (Å²) in [6.45, 7) is 1.58. The molecule has 2 rings (SSSR count). The molecule has 0 aliphatic carbocycles. The van der Waals surface area contributed by atoms with Gasteiger partial charge in [0.15, 0.2) is 0 Å². The number of hydrogen-bond acceptors (Lipinski definition) is 2. The molecule has 0 fully saturated rings. The Labute approximate surface area is 135 Å². The van der Waals surface area contributed by atoms with E-state index in [0.717, 1.165) is 17.7 Å². The number of amides is 2. The van der Waals surface area contributed by atoms with E-state index in [1.54, 1.807) is 6.07 Å². The molecule has 0 aromatic heterocycles. The maximum atomic E-state index is 11.6. The van der Waals surface area contributed by atoms with Gasteiger partial charge in [-0.1, -0.05) is 41.9 Å². The molecule has 0 saturated carbocycles. The molecule has 0 radical (unpaired) electrons. The van der Waals surface area contributed by atoms with Gasteiger partial charge in [0.25, 0.3) is 0 Å². The highest BCUT2D eigenvalue weighted by atomic mass is 35.5. The lowest BCUT2D eigenvalue weighted by Crippen LogP contribution is -2.36. The largest absolute Gasteiger partial charge is 0.494 e. The monoisotopic (exact) mass is 318 g/mol. The lowest BCUT2D eigenvalue weighted by molar-refractivity contribution is 0.238. The number of hydrogen-bond donors (Lipinski definition) is 2. The van der Waals surface area contributed by atoms with Gasteiger partial charge in [0, 0.05) is 18.1 Å². The summed E-state index contributed by atoms with van der Waals surface area (Å²) in [5.41, 5.74) is 0.968. The maximum absolute atomic E-state index is 11.6. The molecule has 22 heavy (non-hydrogen) atoms.